The van der Waals surface area contributed by atoms with Gasteiger partial charge in [-0.05, 0) is 19.3 Å². The molecule has 0 spiro atoms. The van der Waals surface area contributed by atoms with Crippen molar-refractivity contribution in [2.24, 2.45) is 5.73 Å². The highest BCUT2D eigenvalue weighted by Gasteiger charge is 2.41. The summed E-state index contributed by atoms with van der Waals surface area (Å²) in [6.07, 6.45) is 3.88. The number of rotatable bonds is 3. The van der Waals surface area contributed by atoms with Crippen LogP contribution in [0.2, 0.25) is 0 Å². The van der Waals surface area contributed by atoms with Gasteiger partial charge in [-0.1, -0.05) is 19.8 Å². The highest BCUT2D eigenvalue weighted by atomic mass is 32.2. The lowest BCUT2D eigenvalue weighted by Crippen LogP contribution is -2.46. The van der Waals surface area contributed by atoms with Crippen LogP contribution in [0.3, 0.4) is 0 Å². The van der Waals surface area contributed by atoms with E-state index in [1.165, 1.54) is 0 Å². The van der Waals surface area contributed by atoms with Gasteiger partial charge in [0, 0.05) is 0 Å². The molecule has 1 saturated carbocycles. The van der Waals surface area contributed by atoms with Crippen LogP contribution in [0.1, 0.15) is 39.0 Å². The van der Waals surface area contributed by atoms with Crippen molar-refractivity contribution in [3.8, 4) is 0 Å². The first-order chi connectivity index (χ1) is 5.52. The van der Waals surface area contributed by atoms with E-state index >= 15 is 0 Å². The Morgan fingerprint density at radius 3 is 2.25 bits per heavy atom. The lowest BCUT2D eigenvalue weighted by Gasteiger charge is -2.23. The number of sulfone groups is 1. The molecule has 12 heavy (non-hydrogen) atoms. The summed E-state index contributed by atoms with van der Waals surface area (Å²) in [5.74, 6) is 0.240. The van der Waals surface area contributed by atoms with E-state index in [0.717, 1.165) is 12.8 Å². The Labute approximate surface area is 74.3 Å². The smallest absolute Gasteiger partial charge is 0.168 e. The molecule has 2 N–H and O–H groups in total. The molecule has 4 heteroatoms. The molecule has 0 unspecified atom stereocenters. The zero-order valence-electron chi connectivity index (χ0n) is 7.54. The molecule has 0 radical (unpaired) electrons. The van der Waals surface area contributed by atoms with Crippen molar-refractivity contribution in [3.05, 3.63) is 0 Å². The van der Waals surface area contributed by atoms with E-state index in [1.807, 2.05) is 6.92 Å². The summed E-state index contributed by atoms with van der Waals surface area (Å²) in [6.45, 7) is 1.87. The van der Waals surface area contributed by atoms with Gasteiger partial charge in [0.1, 0.15) is 4.87 Å². The predicted molar refractivity (Wildman–Crippen MR) is 49.5 cm³/mol. The summed E-state index contributed by atoms with van der Waals surface area (Å²) in [4.78, 5) is -0.886. The first-order valence-corrected chi connectivity index (χ1v) is 6.18. The summed E-state index contributed by atoms with van der Waals surface area (Å²) in [7, 11) is -3.03. The molecule has 0 amide bonds. The lowest BCUT2D eigenvalue weighted by atomic mass is 10.3. The van der Waals surface area contributed by atoms with Crippen LogP contribution in [0.25, 0.3) is 0 Å². The second-order valence-electron chi connectivity index (χ2n) is 3.59. The van der Waals surface area contributed by atoms with Gasteiger partial charge in [-0.2, -0.15) is 0 Å². The van der Waals surface area contributed by atoms with E-state index in [9.17, 15) is 8.42 Å². The van der Waals surface area contributed by atoms with Gasteiger partial charge in [-0.3, -0.25) is 0 Å². The first-order valence-electron chi connectivity index (χ1n) is 4.53. The second kappa shape index (κ2) is 3.34. The van der Waals surface area contributed by atoms with Gasteiger partial charge in [0.15, 0.2) is 9.84 Å². The van der Waals surface area contributed by atoms with Crippen LogP contribution in [0, 0.1) is 0 Å². The van der Waals surface area contributed by atoms with E-state index in [1.54, 1.807) is 0 Å². The minimum Gasteiger partial charge on any atom is -0.313 e. The largest absolute Gasteiger partial charge is 0.313 e. The second-order valence-corrected chi connectivity index (χ2v) is 6.04. The monoisotopic (exact) mass is 191 g/mol. The van der Waals surface area contributed by atoms with Crippen molar-refractivity contribution < 1.29 is 8.42 Å². The molecule has 1 aliphatic carbocycles. The summed E-state index contributed by atoms with van der Waals surface area (Å²) in [5, 5.41) is 0. The molecular formula is C8H17NO2S. The third kappa shape index (κ3) is 1.64. The van der Waals surface area contributed by atoms with E-state index in [-0.39, 0.29) is 5.75 Å². The molecular weight excluding hydrogens is 174 g/mol. The molecule has 0 saturated heterocycles. The van der Waals surface area contributed by atoms with Crippen molar-refractivity contribution >= 4 is 9.84 Å². The summed E-state index contributed by atoms with van der Waals surface area (Å²) in [5.41, 5.74) is 5.83. The zero-order chi connectivity index (χ0) is 9.24. The molecule has 0 aromatic carbocycles. The number of hydrogen-bond acceptors (Lipinski definition) is 3. The molecule has 0 heterocycles. The fourth-order valence-electron chi connectivity index (χ4n) is 1.76. The van der Waals surface area contributed by atoms with Crippen molar-refractivity contribution in [2.45, 2.75) is 43.9 Å². The number of hydrogen-bond donors (Lipinski definition) is 1. The molecule has 1 aliphatic rings. The Morgan fingerprint density at radius 1 is 1.33 bits per heavy atom. The van der Waals surface area contributed by atoms with Crippen LogP contribution < -0.4 is 5.73 Å². The van der Waals surface area contributed by atoms with Crippen molar-refractivity contribution in [1.29, 1.82) is 0 Å². The lowest BCUT2D eigenvalue weighted by molar-refractivity contribution is 0.519. The van der Waals surface area contributed by atoms with E-state index in [0.29, 0.717) is 19.3 Å². The topological polar surface area (TPSA) is 60.2 Å². The van der Waals surface area contributed by atoms with E-state index < -0.39 is 14.7 Å². The van der Waals surface area contributed by atoms with Crippen LogP contribution in [0.5, 0.6) is 0 Å². The highest BCUT2D eigenvalue weighted by molar-refractivity contribution is 7.92. The molecule has 1 rings (SSSR count). The van der Waals surface area contributed by atoms with Crippen LogP contribution in [-0.4, -0.2) is 19.0 Å². The van der Waals surface area contributed by atoms with Crippen molar-refractivity contribution in [1.82, 2.24) is 0 Å². The van der Waals surface area contributed by atoms with Gasteiger partial charge < -0.3 is 5.73 Å². The summed E-state index contributed by atoms with van der Waals surface area (Å²) in [6, 6.07) is 0. The maximum atomic E-state index is 11.6. The average Bonchev–Trinajstić information content (AvgIpc) is 2.37. The molecule has 0 bridgehead atoms. The Bertz CT molecular complexity index is 240. The molecule has 0 atom stereocenters. The van der Waals surface area contributed by atoms with Crippen LogP contribution in [0.4, 0.5) is 0 Å². The standard InChI is InChI=1S/C8H17NO2S/c1-2-7-12(10,11)8(9)5-3-4-6-8/h2-7,9H2,1H3. The zero-order valence-corrected chi connectivity index (χ0v) is 8.36. The maximum Gasteiger partial charge on any atom is 0.168 e. The summed E-state index contributed by atoms with van der Waals surface area (Å²) >= 11 is 0. The molecule has 3 nitrogen and oxygen atoms in total. The van der Waals surface area contributed by atoms with Gasteiger partial charge in [-0.25, -0.2) is 8.42 Å². The maximum absolute atomic E-state index is 11.6. The van der Waals surface area contributed by atoms with Gasteiger partial charge in [-0.15, -0.1) is 0 Å². The van der Waals surface area contributed by atoms with Crippen LogP contribution in [-0.2, 0) is 9.84 Å². The predicted octanol–water partition coefficient (Wildman–Crippen LogP) is 1.04. The fraction of sp³-hybridized carbons (Fsp3) is 1.00. The Hall–Kier alpha value is -0.0900. The van der Waals surface area contributed by atoms with Crippen molar-refractivity contribution in [2.75, 3.05) is 5.75 Å². The minimum absolute atomic E-state index is 0.240. The fourth-order valence-corrected chi connectivity index (χ4v) is 3.61. The van der Waals surface area contributed by atoms with Crippen LogP contribution >= 0.6 is 0 Å². The molecule has 0 aliphatic heterocycles. The Balaban J connectivity index is 2.79. The minimum atomic E-state index is -3.03. The number of nitrogens with two attached hydrogens (primary N) is 1. The van der Waals surface area contributed by atoms with Crippen molar-refractivity contribution in [3.63, 3.8) is 0 Å². The van der Waals surface area contributed by atoms with Gasteiger partial charge >= 0.3 is 0 Å². The van der Waals surface area contributed by atoms with Crippen LogP contribution in [0.15, 0.2) is 0 Å². The molecule has 72 valence electrons. The van der Waals surface area contributed by atoms with Gasteiger partial charge in [0.2, 0.25) is 0 Å². The highest BCUT2D eigenvalue weighted by Crippen LogP contribution is 2.32. The normalized spacial score (nSPS) is 22.8. The summed E-state index contributed by atoms with van der Waals surface area (Å²) < 4.78 is 23.3. The molecule has 0 aromatic heterocycles. The molecule has 1 fully saturated rings. The van der Waals surface area contributed by atoms with Gasteiger partial charge in [0.05, 0.1) is 5.75 Å². The third-order valence-electron chi connectivity index (χ3n) is 2.54. The van der Waals surface area contributed by atoms with E-state index in [4.69, 9.17) is 5.73 Å². The third-order valence-corrected chi connectivity index (χ3v) is 5.13. The quantitative estimate of drug-likeness (QED) is 0.725. The average molecular weight is 191 g/mol. The van der Waals surface area contributed by atoms with E-state index in [2.05, 4.69) is 0 Å². The first kappa shape index (κ1) is 9.99. The SMILES string of the molecule is CCCS(=O)(=O)C1(N)CCCC1. The Kier molecular flexibility index (Phi) is 2.78. The van der Waals surface area contributed by atoms with Gasteiger partial charge in [0.25, 0.3) is 0 Å². The molecule has 0 aromatic rings. The Morgan fingerprint density at radius 2 is 1.83 bits per heavy atom.